The largest absolute Gasteiger partial charge is 0.507 e. The van der Waals surface area contributed by atoms with Crippen LogP contribution in [0.2, 0.25) is 0 Å². The van der Waals surface area contributed by atoms with E-state index in [1.807, 2.05) is 13.0 Å². The molecule has 2 fully saturated rings. The minimum Gasteiger partial charge on any atom is -0.507 e. The number of carbonyl (C=O) groups is 2. The zero-order valence-corrected chi connectivity index (χ0v) is 17.0. The number of ether oxygens (including phenoxy) is 1. The lowest BCUT2D eigenvalue weighted by Crippen LogP contribution is -2.38. The fraction of sp³-hybridized carbons (Fsp3) is 0.333. The third-order valence-electron chi connectivity index (χ3n) is 6.01. The maximum Gasteiger partial charge on any atom is 0.295 e. The maximum absolute atomic E-state index is 14.8. The first kappa shape index (κ1) is 20.1. The van der Waals surface area contributed by atoms with Crippen LogP contribution in [0.1, 0.15) is 48.4 Å². The molecule has 5 nitrogen and oxygen atoms in total. The highest BCUT2D eigenvalue weighted by atomic mass is 19.1. The summed E-state index contributed by atoms with van der Waals surface area (Å²) in [6.45, 7) is 1.85. The van der Waals surface area contributed by atoms with Gasteiger partial charge in [-0.2, -0.15) is 0 Å². The summed E-state index contributed by atoms with van der Waals surface area (Å²) in [7, 11) is 1.47. The predicted octanol–water partition coefficient (Wildman–Crippen LogP) is 4.51. The molecule has 2 aromatic carbocycles. The Hall–Kier alpha value is -3.15. The molecule has 156 valence electrons. The van der Waals surface area contributed by atoms with E-state index in [0.29, 0.717) is 11.3 Å². The van der Waals surface area contributed by atoms with E-state index in [-0.39, 0.29) is 22.9 Å². The Kier molecular flexibility index (Phi) is 5.33. The molecule has 1 heterocycles. The monoisotopic (exact) mass is 409 g/mol. The van der Waals surface area contributed by atoms with E-state index in [0.717, 1.165) is 31.2 Å². The van der Waals surface area contributed by atoms with Crippen LogP contribution in [0.3, 0.4) is 0 Å². The number of aryl methyl sites for hydroxylation is 1. The van der Waals surface area contributed by atoms with Crippen molar-refractivity contribution in [2.75, 3.05) is 7.11 Å². The minimum absolute atomic E-state index is 0.0964. The molecular formula is C24H24FNO4. The van der Waals surface area contributed by atoms with Crippen LogP contribution in [0.25, 0.3) is 5.76 Å². The van der Waals surface area contributed by atoms with Crippen LogP contribution < -0.4 is 4.74 Å². The quantitative estimate of drug-likeness (QED) is 0.458. The standard InChI is InChI=1S/C24H24FNO4/c1-14-11-12-19(30-2)17(13-14)22(27)20-21(16-9-5-6-10-18(16)25)26(24(29)23(20)28)15-7-3-4-8-15/h5-6,9-13,15,21,27H,3-4,7-8H2,1-2H3/b22-20+. The van der Waals surface area contributed by atoms with Crippen LogP contribution in [0.5, 0.6) is 5.75 Å². The van der Waals surface area contributed by atoms with Gasteiger partial charge in [-0.15, -0.1) is 0 Å². The summed E-state index contributed by atoms with van der Waals surface area (Å²) in [6.07, 6.45) is 3.41. The molecule has 0 spiro atoms. The molecule has 1 amide bonds. The van der Waals surface area contributed by atoms with Gasteiger partial charge in [0, 0.05) is 11.6 Å². The number of Topliss-reactive ketones (excluding diaryl/α,β-unsaturated/α-hetero) is 1. The molecule has 1 unspecified atom stereocenters. The number of benzene rings is 2. The van der Waals surface area contributed by atoms with Crippen molar-refractivity contribution in [2.24, 2.45) is 0 Å². The van der Waals surface area contributed by atoms with Gasteiger partial charge in [0.05, 0.1) is 24.3 Å². The molecule has 6 heteroatoms. The summed E-state index contributed by atoms with van der Waals surface area (Å²) in [6, 6.07) is 10.2. The maximum atomic E-state index is 14.8. The number of halogens is 1. The number of carbonyl (C=O) groups excluding carboxylic acids is 2. The lowest BCUT2D eigenvalue weighted by Gasteiger charge is -2.31. The molecule has 0 aromatic heterocycles. The number of aliphatic hydroxyl groups excluding tert-OH is 1. The average Bonchev–Trinajstić information content (AvgIpc) is 3.35. The Morgan fingerprint density at radius 2 is 1.83 bits per heavy atom. The Balaban J connectivity index is 1.96. The second-order valence-electron chi connectivity index (χ2n) is 7.87. The molecular weight excluding hydrogens is 385 g/mol. The molecule has 2 aromatic rings. The van der Waals surface area contributed by atoms with E-state index in [9.17, 15) is 19.1 Å². The number of hydrogen-bond acceptors (Lipinski definition) is 4. The molecule has 1 aliphatic heterocycles. The smallest absolute Gasteiger partial charge is 0.295 e. The van der Waals surface area contributed by atoms with Crippen LogP contribution in [0, 0.1) is 12.7 Å². The summed E-state index contributed by atoms with van der Waals surface area (Å²) in [4.78, 5) is 27.6. The molecule has 1 N–H and O–H groups in total. The number of hydrogen-bond donors (Lipinski definition) is 1. The number of likely N-dealkylation sites (tertiary alicyclic amines) is 1. The molecule has 1 saturated heterocycles. The SMILES string of the molecule is COc1ccc(C)cc1/C(O)=C1\C(=O)C(=O)N(C2CCCC2)C1c1ccccc1F. The molecule has 1 atom stereocenters. The van der Waals surface area contributed by atoms with Gasteiger partial charge in [0.25, 0.3) is 11.7 Å². The zero-order valence-electron chi connectivity index (χ0n) is 17.0. The Labute approximate surface area is 174 Å². The highest BCUT2D eigenvalue weighted by Gasteiger charge is 2.50. The molecule has 30 heavy (non-hydrogen) atoms. The first-order valence-electron chi connectivity index (χ1n) is 10.1. The van der Waals surface area contributed by atoms with Crippen LogP contribution in [0.4, 0.5) is 4.39 Å². The predicted molar refractivity (Wildman–Crippen MR) is 111 cm³/mol. The van der Waals surface area contributed by atoms with Gasteiger partial charge < -0.3 is 14.7 Å². The van der Waals surface area contributed by atoms with Crippen molar-refractivity contribution >= 4 is 17.4 Å². The van der Waals surface area contributed by atoms with Gasteiger partial charge in [-0.3, -0.25) is 9.59 Å². The van der Waals surface area contributed by atoms with Gasteiger partial charge in [-0.25, -0.2) is 4.39 Å². The Bertz CT molecular complexity index is 1040. The van der Waals surface area contributed by atoms with Gasteiger partial charge in [-0.05, 0) is 38.0 Å². The molecule has 1 aliphatic carbocycles. The third kappa shape index (κ3) is 3.26. The summed E-state index contributed by atoms with van der Waals surface area (Å²) in [5.74, 6) is -1.98. The second-order valence-corrected chi connectivity index (χ2v) is 7.87. The molecule has 1 saturated carbocycles. The van der Waals surface area contributed by atoms with Crippen molar-refractivity contribution in [3.05, 3.63) is 70.5 Å². The van der Waals surface area contributed by atoms with Crippen molar-refractivity contribution in [1.29, 1.82) is 0 Å². The molecule has 0 radical (unpaired) electrons. The van der Waals surface area contributed by atoms with E-state index < -0.39 is 23.5 Å². The van der Waals surface area contributed by atoms with E-state index in [4.69, 9.17) is 4.74 Å². The first-order chi connectivity index (χ1) is 14.4. The van der Waals surface area contributed by atoms with Gasteiger partial charge in [0.2, 0.25) is 0 Å². The number of aliphatic hydroxyl groups is 1. The van der Waals surface area contributed by atoms with E-state index in [1.54, 1.807) is 30.3 Å². The van der Waals surface area contributed by atoms with Crippen molar-refractivity contribution in [3.63, 3.8) is 0 Å². The van der Waals surface area contributed by atoms with E-state index in [2.05, 4.69) is 0 Å². The number of ketones is 1. The van der Waals surface area contributed by atoms with E-state index in [1.165, 1.54) is 18.1 Å². The fourth-order valence-electron chi connectivity index (χ4n) is 4.56. The Morgan fingerprint density at radius 3 is 2.50 bits per heavy atom. The number of rotatable bonds is 4. The topological polar surface area (TPSA) is 66.8 Å². The summed E-state index contributed by atoms with van der Waals surface area (Å²) in [5.41, 5.74) is 1.27. The lowest BCUT2D eigenvalue weighted by atomic mass is 9.93. The molecule has 4 rings (SSSR count). The third-order valence-corrected chi connectivity index (χ3v) is 6.01. The normalized spacial score (nSPS) is 21.4. The van der Waals surface area contributed by atoms with Gasteiger partial charge in [-0.1, -0.05) is 42.7 Å². The van der Waals surface area contributed by atoms with Crippen LogP contribution in [-0.2, 0) is 9.59 Å². The Morgan fingerprint density at radius 1 is 1.13 bits per heavy atom. The second kappa shape index (κ2) is 7.94. The van der Waals surface area contributed by atoms with Gasteiger partial charge >= 0.3 is 0 Å². The minimum atomic E-state index is -0.973. The summed E-state index contributed by atoms with van der Waals surface area (Å²) < 4.78 is 20.2. The molecule has 0 bridgehead atoms. The van der Waals surface area contributed by atoms with Gasteiger partial charge in [0.1, 0.15) is 17.3 Å². The fourth-order valence-corrected chi connectivity index (χ4v) is 4.56. The van der Waals surface area contributed by atoms with Crippen molar-refractivity contribution in [2.45, 2.75) is 44.7 Å². The average molecular weight is 409 g/mol. The number of nitrogens with zero attached hydrogens (tertiary/aromatic N) is 1. The van der Waals surface area contributed by atoms with Crippen molar-refractivity contribution in [1.82, 2.24) is 4.90 Å². The highest BCUT2D eigenvalue weighted by Crippen LogP contribution is 2.45. The molecule has 2 aliphatic rings. The van der Waals surface area contributed by atoms with Crippen LogP contribution >= 0.6 is 0 Å². The van der Waals surface area contributed by atoms with Crippen molar-refractivity contribution in [3.8, 4) is 5.75 Å². The summed E-state index contributed by atoms with van der Waals surface area (Å²) >= 11 is 0. The van der Waals surface area contributed by atoms with Crippen LogP contribution in [-0.4, -0.2) is 34.8 Å². The van der Waals surface area contributed by atoms with Gasteiger partial charge in [0.15, 0.2) is 0 Å². The number of amides is 1. The van der Waals surface area contributed by atoms with Crippen LogP contribution in [0.15, 0.2) is 48.0 Å². The number of methoxy groups -OCH3 is 1. The first-order valence-corrected chi connectivity index (χ1v) is 10.1. The summed E-state index contributed by atoms with van der Waals surface area (Å²) in [5, 5.41) is 11.2. The highest BCUT2D eigenvalue weighted by molar-refractivity contribution is 6.46. The van der Waals surface area contributed by atoms with Crippen molar-refractivity contribution < 1.29 is 23.8 Å². The zero-order chi connectivity index (χ0) is 21.4. The van der Waals surface area contributed by atoms with E-state index >= 15 is 0 Å². The lowest BCUT2D eigenvalue weighted by molar-refractivity contribution is -0.141.